The van der Waals surface area contributed by atoms with Crippen LogP contribution in [0.2, 0.25) is 0 Å². The van der Waals surface area contributed by atoms with Crippen LogP contribution in [0, 0.1) is 12.8 Å². The summed E-state index contributed by atoms with van der Waals surface area (Å²) in [6.07, 6.45) is 1.35. The van der Waals surface area contributed by atoms with E-state index < -0.39 is 24.0 Å². The van der Waals surface area contributed by atoms with Crippen LogP contribution in [0.5, 0.6) is 5.75 Å². The highest BCUT2D eigenvalue weighted by molar-refractivity contribution is 9.11. The topological polar surface area (TPSA) is 114 Å². The molecule has 0 fully saturated rings. The highest BCUT2D eigenvalue weighted by Gasteiger charge is 2.27. The minimum Gasteiger partial charge on any atom is -0.506 e. The van der Waals surface area contributed by atoms with E-state index >= 15 is 0 Å². The molecule has 9 heteroatoms. The molecule has 0 unspecified atom stereocenters. The summed E-state index contributed by atoms with van der Waals surface area (Å²) in [4.78, 5) is 25.2. The predicted octanol–water partition coefficient (Wildman–Crippen LogP) is 6.93. The smallest absolute Gasteiger partial charge is 0.412 e. The normalized spacial score (nSPS) is 12.7. The van der Waals surface area contributed by atoms with E-state index in [2.05, 4.69) is 42.5 Å². The van der Waals surface area contributed by atoms with Crippen LogP contribution in [0.1, 0.15) is 24.2 Å². The fourth-order valence-corrected chi connectivity index (χ4v) is 4.54. The molecule has 0 spiro atoms. The number of para-hydroxylation sites is 2. The third kappa shape index (κ3) is 7.34. The Morgan fingerprint density at radius 3 is 2.43 bits per heavy atom. The number of aryl methyl sites for hydroxylation is 1. The van der Waals surface area contributed by atoms with Crippen molar-refractivity contribution in [3.05, 3.63) is 92.9 Å². The highest BCUT2D eigenvalue weighted by atomic mass is 79.9. The number of phenolic OH excluding ortho intramolecular Hbond substituents is 1. The van der Waals surface area contributed by atoms with Crippen LogP contribution in [0.3, 0.4) is 0 Å². The van der Waals surface area contributed by atoms with Gasteiger partial charge in [-0.15, -0.1) is 0 Å². The molecule has 182 valence electrons. The van der Waals surface area contributed by atoms with Crippen molar-refractivity contribution in [3.63, 3.8) is 0 Å². The van der Waals surface area contributed by atoms with E-state index in [1.165, 1.54) is 6.08 Å². The van der Waals surface area contributed by atoms with Crippen molar-refractivity contribution in [2.45, 2.75) is 20.0 Å². The lowest BCUT2D eigenvalue weighted by Gasteiger charge is -2.24. The Bertz CT molecular complexity index is 1250. The number of ether oxygens (including phenoxy) is 1. The molecule has 0 aliphatic rings. The van der Waals surface area contributed by atoms with Gasteiger partial charge in [0, 0.05) is 21.6 Å². The zero-order valence-electron chi connectivity index (χ0n) is 19.1. The molecule has 2 amide bonds. The quantitative estimate of drug-likeness (QED) is 0.173. The lowest BCUT2D eigenvalue weighted by Crippen LogP contribution is -2.22. The number of nitrogen functional groups attached to an aromatic ring is 1. The summed E-state index contributed by atoms with van der Waals surface area (Å²) in [5.41, 5.74) is 8.82. The molecule has 3 rings (SSSR count). The molecule has 35 heavy (non-hydrogen) atoms. The number of carbonyl (C=O) groups is 2. The number of nitrogens with two attached hydrogens (primary N) is 1. The lowest BCUT2D eigenvalue weighted by molar-refractivity contribution is -0.111. The Balaban J connectivity index is 1.82. The predicted molar refractivity (Wildman–Crippen MR) is 145 cm³/mol. The largest absolute Gasteiger partial charge is 0.506 e. The van der Waals surface area contributed by atoms with Gasteiger partial charge in [-0.2, -0.15) is 0 Å². The van der Waals surface area contributed by atoms with Crippen LogP contribution in [-0.2, 0) is 9.53 Å². The fourth-order valence-electron chi connectivity index (χ4n) is 3.28. The van der Waals surface area contributed by atoms with E-state index in [1.54, 1.807) is 61.5 Å². The Morgan fingerprint density at radius 1 is 1.06 bits per heavy atom. The van der Waals surface area contributed by atoms with E-state index in [0.29, 0.717) is 31.6 Å². The van der Waals surface area contributed by atoms with Gasteiger partial charge < -0.3 is 20.9 Å². The van der Waals surface area contributed by atoms with Crippen LogP contribution in [0.25, 0.3) is 0 Å². The summed E-state index contributed by atoms with van der Waals surface area (Å²) < 4.78 is 6.85. The number of anilines is 3. The van der Waals surface area contributed by atoms with E-state index in [9.17, 15) is 14.7 Å². The second kappa shape index (κ2) is 11.9. The SMILES string of the molecule is Cc1ccc(NC(=O)O[C@H](c2cc(Br)cc(Br)c2O)[C@H](C)/C=C/C(=O)Nc2ccccc2N)cc1. The van der Waals surface area contributed by atoms with E-state index in [1.807, 2.05) is 19.1 Å². The summed E-state index contributed by atoms with van der Waals surface area (Å²) in [5.74, 6) is -0.940. The second-order valence-electron chi connectivity index (χ2n) is 7.94. The molecule has 0 aliphatic heterocycles. The third-order valence-electron chi connectivity index (χ3n) is 5.14. The van der Waals surface area contributed by atoms with Crippen molar-refractivity contribution in [3.8, 4) is 5.75 Å². The van der Waals surface area contributed by atoms with Gasteiger partial charge in [0.1, 0.15) is 11.9 Å². The van der Waals surface area contributed by atoms with Gasteiger partial charge in [-0.25, -0.2) is 4.79 Å². The molecule has 0 bridgehead atoms. The molecule has 0 heterocycles. The maximum Gasteiger partial charge on any atom is 0.412 e. The van der Waals surface area contributed by atoms with Crippen molar-refractivity contribution in [2.75, 3.05) is 16.4 Å². The van der Waals surface area contributed by atoms with Crippen LogP contribution in [-0.4, -0.2) is 17.1 Å². The van der Waals surface area contributed by atoms with Crippen molar-refractivity contribution in [1.82, 2.24) is 0 Å². The number of rotatable bonds is 7. The first-order valence-corrected chi connectivity index (χ1v) is 12.3. The van der Waals surface area contributed by atoms with Crippen LogP contribution in [0.4, 0.5) is 21.9 Å². The van der Waals surface area contributed by atoms with Crippen molar-refractivity contribution >= 4 is 60.9 Å². The standard InChI is InChI=1S/C26H25Br2N3O4/c1-15-7-10-18(11-8-15)30-26(34)35-25(19-13-17(27)14-20(28)24(19)33)16(2)9-12-23(32)31-22-6-4-3-5-21(22)29/h3-14,16,25,33H,29H2,1-2H3,(H,30,34)(H,31,32)/b12-9+/t16-,25+/m1/s1. The monoisotopic (exact) mass is 601 g/mol. The minimum absolute atomic E-state index is 0.0666. The molecule has 3 aromatic rings. The first kappa shape index (κ1) is 26.3. The van der Waals surface area contributed by atoms with Crippen LogP contribution < -0.4 is 16.4 Å². The van der Waals surface area contributed by atoms with Gasteiger partial charge in [-0.05, 0) is 65.3 Å². The molecule has 0 aromatic heterocycles. The zero-order valence-corrected chi connectivity index (χ0v) is 22.3. The highest BCUT2D eigenvalue weighted by Crippen LogP contribution is 2.40. The van der Waals surface area contributed by atoms with Gasteiger partial charge in [0.15, 0.2) is 0 Å². The van der Waals surface area contributed by atoms with Crippen molar-refractivity contribution < 1.29 is 19.4 Å². The maximum absolute atomic E-state index is 12.7. The van der Waals surface area contributed by atoms with Gasteiger partial charge in [0.05, 0.1) is 15.8 Å². The van der Waals surface area contributed by atoms with E-state index in [0.717, 1.165) is 5.56 Å². The Morgan fingerprint density at radius 2 is 1.74 bits per heavy atom. The number of aromatic hydroxyl groups is 1. The van der Waals surface area contributed by atoms with Crippen molar-refractivity contribution in [1.29, 1.82) is 0 Å². The van der Waals surface area contributed by atoms with Gasteiger partial charge in [-0.3, -0.25) is 10.1 Å². The second-order valence-corrected chi connectivity index (χ2v) is 9.71. The number of nitrogens with one attached hydrogen (secondary N) is 2. The van der Waals surface area contributed by atoms with Gasteiger partial charge >= 0.3 is 6.09 Å². The Hall–Kier alpha value is -3.30. The number of carbonyl (C=O) groups excluding carboxylic acids is 2. The van der Waals surface area contributed by atoms with Crippen molar-refractivity contribution in [2.24, 2.45) is 5.92 Å². The molecule has 3 aromatic carbocycles. The zero-order chi connectivity index (χ0) is 25.5. The number of hydrogen-bond donors (Lipinski definition) is 4. The number of halogens is 2. The fraction of sp³-hybridized carbons (Fsp3) is 0.154. The number of hydrogen-bond acceptors (Lipinski definition) is 5. The molecule has 0 saturated carbocycles. The average molecular weight is 603 g/mol. The Labute approximate surface area is 220 Å². The lowest BCUT2D eigenvalue weighted by atomic mass is 9.96. The number of amides is 2. The summed E-state index contributed by atoms with van der Waals surface area (Å²) in [7, 11) is 0. The molecule has 0 aliphatic carbocycles. The average Bonchev–Trinajstić information content (AvgIpc) is 2.81. The summed E-state index contributed by atoms with van der Waals surface area (Å²) >= 11 is 6.72. The molecule has 7 nitrogen and oxygen atoms in total. The third-order valence-corrected chi connectivity index (χ3v) is 6.21. The van der Waals surface area contributed by atoms with Gasteiger partial charge in [0.2, 0.25) is 5.91 Å². The molecule has 0 saturated heterocycles. The van der Waals surface area contributed by atoms with E-state index in [-0.39, 0.29) is 5.75 Å². The van der Waals surface area contributed by atoms with Crippen LogP contribution >= 0.6 is 31.9 Å². The number of benzene rings is 3. The molecule has 5 N–H and O–H groups in total. The maximum atomic E-state index is 12.7. The summed E-state index contributed by atoms with van der Waals surface area (Å²) in [6.45, 7) is 3.72. The number of phenols is 1. The molecule has 0 radical (unpaired) electrons. The minimum atomic E-state index is -0.903. The summed E-state index contributed by atoms with van der Waals surface area (Å²) in [5, 5.41) is 16.1. The summed E-state index contributed by atoms with van der Waals surface area (Å²) in [6, 6.07) is 17.5. The van der Waals surface area contributed by atoms with Gasteiger partial charge in [0.25, 0.3) is 0 Å². The van der Waals surface area contributed by atoms with Gasteiger partial charge in [-0.1, -0.05) is 58.8 Å². The first-order valence-electron chi connectivity index (χ1n) is 10.7. The van der Waals surface area contributed by atoms with Crippen LogP contribution in [0.15, 0.2) is 81.8 Å². The van der Waals surface area contributed by atoms with E-state index in [4.69, 9.17) is 10.5 Å². The first-order chi connectivity index (χ1) is 16.6. The Kier molecular flexibility index (Phi) is 8.95. The molecular formula is C26H25Br2N3O4. The molecule has 2 atom stereocenters. The molecular weight excluding hydrogens is 578 g/mol.